The van der Waals surface area contributed by atoms with Gasteiger partial charge >= 0.3 is 0 Å². The normalized spacial score (nSPS) is 16.8. The molecule has 1 aliphatic heterocycles. The lowest BCUT2D eigenvalue weighted by molar-refractivity contribution is 0.571. The van der Waals surface area contributed by atoms with Crippen LogP contribution in [0.4, 0.5) is 5.82 Å². The van der Waals surface area contributed by atoms with Crippen LogP contribution in [0.25, 0.3) is 0 Å². The van der Waals surface area contributed by atoms with Crippen LogP contribution in [0.3, 0.4) is 0 Å². The van der Waals surface area contributed by atoms with Crippen molar-refractivity contribution in [1.82, 2.24) is 9.97 Å². The van der Waals surface area contributed by atoms with Crippen LogP contribution in [0.1, 0.15) is 25.0 Å². The number of hydrogen-bond acceptors (Lipinski definition) is 4. The Kier molecular flexibility index (Phi) is 3.46. The molecule has 3 nitrogen and oxygen atoms in total. The van der Waals surface area contributed by atoms with Crippen LogP contribution in [0.15, 0.2) is 11.2 Å². The van der Waals surface area contributed by atoms with E-state index in [-0.39, 0.29) is 0 Å². The Hall–Kier alpha value is -0.770. The molecule has 0 amide bonds. The van der Waals surface area contributed by atoms with Gasteiger partial charge in [0, 0.05) is 24.8 Å². The van der Waals surface area contributed by atoms with E-state index >= 15 is 0 Å². The molecule has 0 aromatic carbocycles. The first-order chi connectivity index (χ1) is 7.29. The Morgan fingerprint density at radius 2 is 1.93 bits per heavy atom. The number of nitrogens with zero attached hydrogens (tertiary/aromatic N) is 3. The number of hydrogen-bond donors (Lipinski definition) is 0. The molecule has 1 aromatic heterocycles. The summed E-state index contributed by atoms with van der Waals surface area (Å²) < 4.78 is 0. The molecule has 0 bridgehead atoms. The molecular formula is C11H17N3S. The fourth-order valence-corrected chi connectivity index (χ4v) is 2.32. The Balaban J connectivity index is 2.22. The van der Waals surface area contributed by atoms with Crippen LogP contribution in [0, 0.1) is 6.92 Å². The van der Waals surface area contributed by atoms with Crippen LogP contribution < -0.4 is 4.90 Å². The number of thioether (sulfide) groups is 1. The summed E-state index contributed by atoms with van der Waals surface area (Å²) >= 11 is 1.61. The molecular weight excluding hydrogens is 206 g/mol. The SMILES string of the molecule is CSc1nc(C)cc(N2CCCCC2)n1. The molecule has 0 spiro atoms. The van der Waals surface area contributed by atoms with Gasteiger partial charge in [0.15, 0.2) is 5.16 Å². The molecule has 1 fully saturated rings. The van der Waals surface area contributed by atoms with Crippen LogP contribution in [0.2, 0.25) is 0 Å². The van der Waals surface area contributed by atoms with Crippen molar-refractivity contribution < 1.29 is 0 Å². The van der Waals surface area contributed by atoms with E-state index in [1.165, 1.54) is 19.3 Å². The highest BCUT2D eigenvalue weighted by molar-refractivity contribution is 7.98. The largest absolute Gasteiger partial charge is 0.356 e. The zero-order chi connectivity index (χ0) is 10.7. The molecule has 0 radical (unpaired) electrons. The van der Waals surface area contributed by atoms with Crippen LogP contribution in [-0.4, -0.2) is 29.3 Å². The summed E-state index contributed by atoms with van der Waals surface area (Å²) in [5.41, 5.74) is 1.06. The van der Waals surface area contributed by atoms with Gasteiger partial charge in [-0.1, -0.05) is 11.8 Å². The molecule has 15 heavy (non-hydrogen) atoms. The highest BCUT2D eigenvalue weighted by Crippen LogP contribution is 2.20. The minimum absolute atomic E-state index is 0.885. The molecule has 82 valence electrons. The van der Waals surface area contributed by atoms with E-state index in [9.17, 15) is 0 Å². The fourth-order valence-electron chi connectivity index (χ4n) is 1.90. The maximum atomic E-state index is 4.55. The topological polar surface area (TPSA) is 29.0 Å². The van der Waals surface area contributed by atoms with Gasteiger partial charge in [-0.3, -0.25) is 0 Å². The highest BCUT2D eigenvalue weighted by atomic mass is 32.2. The van der Waals surface area contributed by atoms with Crippen LogP contribution in [0.5, 0.6) is 0 Å². The Labute approximate surface area is 95.3 Å². The van der Waals surface area contributed by atoms with Crippen LogP contribution >= 0.6 is 11.8 Å². The molecule has 1 aliphatic rings. The number of rotatable bonds is 2. The van der Waals surface area contributed by atoms with E-state index in [2.05, 4.69) is 20.9 Å². The zero-order valence-electron chi connectivity index (χ0n) is 9.36. The van der Waals surface area contributed by atoms with Gasteiger partial charge in [-0.2, -0.15) is 0 Å². The number of aromatic nitrogens is 2. The Bertz CT molecular complexity index is 335. The summed E-state index contributed by atoms with van der Waals surface area (Å²) in [7, 11) is 0. The summed E-state index contributed by atoms with van der Waals surface area (Å²) in [6, 6.07) is 2.09. The lowest BCUT2D eigenvalue weighted by Gasteiger charge is -2.27. The van der Waals surface area contributed by atoms with Gasteiger partial charge in [0.1, 0.15) is 5.82 Å². The lowest BCUT2D eigenvalue weighted by Crippen LogP contribution is -2.30. The van der Waals surface area contributed by atoms with Crippen molar-refractivity contribution in [3.05, 3.63) is 11.8 Å². The van der Waals surface area contributed by atoms with Gasteiger partial charge in [0.25, 0.3) is 0 Å². The monoisotopic (exact) mass is 223 g/mol. The molecule has 0 aliphatic carbocycles. The van der Waals surface area contributed by atoms with Crippen molar-refractivity contribution in [3.63, 3.8) is 0 Å². The predicted octanol–water partition coefficient (Wildman–Crippen LogP) is 2.50. The van der Waals surface area contributed by atoms with Crippen molar-refractivity contribution in [3.8, 4) is 0 Å². The second-order valence-electron chi connectivity index (χ2n) is 3.90. The second-order valence-corrected chi connectivity index (χ2v) is 4.68. The van der Waals surface area contributed by atoms with Crippen molar-refractivity contribution in [2.75, 3.05) is 24.2 Å². The van der Waals surface area contributed by atoms with Gasteiger partial charge in [-0.15, -0.1) is 0 Å². The van der Waals surface area contributed by atoms with Crippen molar-refractivity contribution in [2.24, 2.45) is 0 Å². The molecule has 1 aromatic rings. The molecule has 2 rings (SSSR count). The van der Waals surface area contributed by atoms with E-state index in [1.807, 2.05) is 13.2 Å². The third-order valence-electron chi connectivity index (χ3n) is 2.68. The lowest BCUT2D eigenvalue weighted by atomic mass is 10.1. The van der Waals surface area contributed by atoms with Crippen molar-refractivity contribution >= 4 is 17.6 Å². The van der Waals surface area contributed by atoms with Gasteiger partial charge in [-0.25, -0.2) is 9.97 Å². The van der Waals surface area contributed by atoms with E-state index in [0.717, 1.165) is 29.8 Å². The molecule has 0 unspecified atom stereocenters. The average molecular weight is 223 g/mol. The van der Waals surface area contributed by atoms with E-state index < -0.39 is 0 Å². The number of aryl methyl sites for hydroxylation is 1. The Morgan fingerprint density at radius 3 is 2.60 bits per heavy atom. The maximum absolute atomic E-state index is 4.55. The fraction of sp³-hybridized carbons (Fsp3) is 0.636. The molecule has 2 heterocycles. The number of piperidine rings is 1. The van der Waals surface area contributed by atoms with E-state index in [1.54, 1.807) is 11.8 Å². The molecule has 0 N–H and O–H groups in total. The summed E-state index contributed by atoms with van der Waals surface area (Å²) in [6.07, 6.45) is 5.96. The van der Waals surface area contributed by atoms with Gasteiger partial charge in [-0.05, 0) is 32.4 Å². The molecule has 1 saturated heterocycles. The summed E-state index contributed by atoms with van der Waals surface area (Å²) in [5.74, 6) is 1.10. The van der Waals surface area contributed by atoms with Crippen molar-refractivity contribution in [2.45, 2.75) is 31.3 Å². The molecule has 4 heteroatoms. The quantitative estimate of drug-likeness (QED) is 0.569. The average Bonchev–Trinajstić information content (AvgIpc) is 2.29. The van der Waals surface area contributed by atoms with E-state index in [0.29, 0.717) is 0 Å². The van der Waals surface area contributed by atoms with Crippen LogP contribution in [-0.2, 0) is 0 Å². The van der Waals surface area contributed by atoms with Gasteiger partial charge in [0.2, 0.25) is 0 Å². The third-order valence-corrected chi connectivity index (χ3v) is 3.23. The minimum Gasteiger partial charge on any atom is -0.356 e. The highest BCUT2D eigenvalue weighted by Gasteiger charge is 2.13. The Morgan fingerprint density at radius 1 is 1.20 bits per heavy atom. The molecule has 0 saturated carbocycles. The predicted molar refractivity (Wildman–Crippen MR) is 64.6 cm³/mol. The second kappa shape index (κ2) is 4.84. The zero-order valence-corrected chi connectivity index (χ0v) is 10.2. The van der Waals surface area contributed by atoms with Gasteiger partial charge in [0.05, 0.1) is 0 Å². The first-order valence-electron chi connectivity index (χ1n) is 5.44. The third kappa shape index (κ3) is 2.62. The number of anilines is 1. The standard InChI is InChI=1S/C11H17N3S/c1-9-8-10(13-11(12-9)15-2)14-6-4-3-5-7-14/h8H,3-7H2,1-2H3. The molecule has 0 atom stereocenters. The maximum Gasteiger partial charge on any atom is 0.189 e. The summed E-state index contributed by atoms with van der Waals surface area (Å²) in [4.78, 5) is 11.3. The van der Waals surface area contributed by atoms with Crippen molar-refractivity contribution in [1.29, 1.82) is 0 Å². The first kappa shape index (κ1) is 10.7. The summed E-state index contributed by atoms with van der Waals surface area (Å²) in [5, 5.41) is 0.885. The minimum atomic E-state index is 0.885. The van der Waals surface area contributed by atoms with Gasteiger partial charge < -0.3 is 4.90 Å². The first-order valence-corrected chi connectivity index (χ1v) is 6.66. The van der Waals surface area contributed by atoms with E-state index in [4.69, 9.17) is 0 Å². The summed E-state index contributed by atoms with van der Waals surface area (Å²) in [6.45, 7) is 4.32. The smallest absolute Gasteiger partial charge is 0.189 e.